The maximum Gasteiger partial charge on any atom is 0.337 e. The fourth-order valence-electron chi connectivity index (χ4n) is 1.82. The average molecular weight is 296 g/mol. The fourth-order valence-corrected chi connectivity index (χ4v) is 2.55. The molecule has 0 unspecified atom stereocenters. The average Bonchev–Trinajstić information content (AvgIpc) is 3.19. The first-order valence-electron chi connectivity index (χ1n) is 6.12. The predicted molar refractivity (Wildman–Crippen MR) is 77.6 cm³/mol. The number of carbonyl (C=O) groups excluding carboxylic acids is 1. The first-order valence-corrected chi connectivity index (χ1v) is 7.34. The lowest BCUT2D eigenvalue weighted by Gasteiger charge is -2.14. The molecule has 1 aliphatic carbocycles. The number of aromatic carboxylic acids is 1. The van der Waals surface area contributed by atoms with Gasteiger partial charge in [-0.25, -0.2) is 9.59 Å². The molecular formula is C13H16N2O4S. The molecule has 6 nitrogen and oxygen atoms in total. The molecule has 1 aliphatic rings. The summed E-state index contributed by atoms with van der Waals surface area (Å²) in [6.45, 7) is 0.556. The number of phenolic OH excluding ortho intramolecular Hbond substituents is 1. The summed E-state index contributed by atoms with van der Waals surface area (Å²) in [4.78, 5) is 22.8. The molecule has 1 aromatic rings. The van der Waals surface area contributed by atoms with Gasteiger partial charge in [0.25, 0.3) is 0 Å². The van der Waals surface area contributed by atoms with Crippen molar-refractivity contribution in [1.29, 1.82) is 0 Å². The van der Waals surface area contributed by atoms with Crippen LogP contribution in [0.25, 0.3) is 0 Å². The van der Waals surface area contributed by atoms with Crippen molar-refractivity contribution in [2.24, 2.45) is 0 Å². The van der Waals surface area contributed by atoms with E-state index < -0.39 is 12.0 Å². The number of hydrogen-bond donors (Lipinski definition) is 4. The van der Waals surface area contributed by atoms with Gasteiger partial charge in [-0.1, -0.05) is 0 Å². The lowest BCUT2D eigenvalue weighted by Crippen LogP contribution is -2.35. The highest BCUT2D eigenvalue weighted by atomic mass is 32.2. The second-order valence-corrected chi connectivity index (χ2v) is 6.00. The Kier molecular flexibility index (Phi) is 4.08. The van der Waals surface area contributed by atoms with Crippen LogP contribution >= 0.6 is 11.8 Å². The highest BCUT2D eigenvalue weighted by molar-refractivity contribution is 8.00. The molecule has 2 rings (SSSR count). The van der Waals surface area contributed by atoms with E-state index in [1.54, 1.807) is 11.8 Å². The van der Waals surface area contributed by atoms with Crippen molar-refractivity contribution in [3.05, 3.63) is 23.8 Å². The molecule has 1 saturated carbocycles. The third-order valence-electron chi connectivity index (χ3n) is 3.29. The van der Waals surface area contributed by atoms with Crippen LogP contribution in [0.5, 0.6) is 5.75 Å². The van der Waals surface area contributed by atoms with Crippen LogP contribution in [0.15, 0.2) is 18.2 Å². The van der Waals surface area contributed by atoms with Crippen LogP contribution in [0.4, 0.5) is 10.5 Å². The molecule has 0 spiro atoms. The van der Waals surface area contributed by atoms with Gasteiger partial charge in [0, 0.05) is 11.3 Å². The van der Waals surface area contributed by atoms with Gasteiger partial charge in [0.1, 0.15) is 5.75 Å². The molecule has 2 amide bonds. The summed E-state index contributed by atoms with van der Waals surface area (Å²) in [5, 5.41) is 23.5. The molecule has 7 heteroatoms. The van der Waals surface area contributed by atoms with Gasteiger partial charge in [-0.05, 0) is 37.3 Å². The smallest absolute Gasteiger partial charge is 0.337 e. The zero-order valence-corrected chi connectivity index (χ0v) is 11.8. The monoisotopic (exact) mass is 296 g/mol. The van der Waals surface area contributed by atoms with Gasteiger partial charge < -0.3 is 20.8 Å². The molecule has 0 atom stereocenters. The molecule has 20 heavy (non-hydrogen) atoms. The minimum Gasteiger partial charge on any atom is -0.508 e. The van der Waals surface area contributed by atoms with Crippen molar-refractivity contribution < 1.29 is 19.8 Å². The molecule has 1 aromatic carbocycles. The number of amides is 2. The number of carboxylic acids is 1. The van der Waals surface area contributed by atoms with Crippen molar-refractivity contribution in [2.75, 3.05) is 18.1 Å². The fraction of sp³-hybridized carbons (Fsp3) is 0.385. The second-order valence-electron chi connectivity index (χ2n) is 4.73. The standard InChI is InChI=1S/C13H16N2O4S/c1-20-13(4-5-13)7-14-12(19)15-10-3-2-8(16)6-9(10)11(17)18/h2-3,6,16H,4-5,7H2,1H3,(H,17,18)(H2,14,15,19). The van der Waals surface area contributed by atoms with E-state index in [4.69, 9.17) is 5.11 Å². The quantitative estimate of drug-likeness (QED) is 0.624. The number of rotatable bonds is 5. The number of carboxylic acid groups (broad SMARTS) is 1. The van der Waals surface area contributed by atoms with Crippen LogP contribution in [0.2, 0.25) is 0 Å². The van der Waals surface area contributed by atoms with Crippen molar-refractivity contribution in [3.8, 4) is 5.75 Å². The number of aromatic hydroxyl groups is 1. The maximum absolute atomic E-state index is 11.8. The zero-order chi connectivity index (χ0) is 14.8. The van der Waals surface area contributed by atoms with Crippen LogP contribution in [-0.2, 0) is 0 Å². The Hall–Kier alpha value is -1.89. The van der Waals surface area contributed by atoms with E-state index in [1.165, 1.54) is 12.1 Å². The summed E-state index contributed by atoms with van der Waals surface area (Å²) < 4.78 is 0.141. The zero-order valence-electron chi connectivity index (χ0n) is 11.0. The number of thioether (sulfide) groups is 1. The van der Waals surface area contributed by atoms with E-state index in [9.17, 15) is 14.7 Å². The van der Waals surface area contributed by atoms with E-state index >= 15 is 0 Å². The topological polar surface area (TPSA) is 98.7 Å². The number of benzene rings is 1. The van der Waals surface area contributed by atoms with Gasteiger partial charge in [-0.2, -0.15) is 11.8 Å². The first kappa shape index (κ1) is 14.5. The summed E-state index contributed by atoms with van der Waals surface area (Å²) >= 11 is 1.73. The predicted octanol–water partition coefficient (Wildman–Crippen LogP) is 2.11. The molecule has 0 saturated heterocycles. The Morgan fingerprint density at radius 1 is 1.40 bits per heavy atom. The third kappa shape index (κ3) is 3.36. The second kappa shape index (κ2) is 5.62. The lowest BCUT2D eigenvalue weighted by molar-refractivity contribution is 0.0697. The highest BCUT2D eigenvalue weighted by Crippen LogP contribution is 2.46. The Bertz CT molecular complexity index is 543. The largest absolute Gasteiger partial charge is 0.508 e. The number of nitrogens with one attached hydrogen (secondary N) is 2. The number of carbonyl (C=O) groups is 2. The third-order valence-corrected chi connectivity index (χ3v) is 4.71. The van der Waals surface area contributed by atoms with Crippen LogP contribution in [0.3, 0.4) is 0 Å². The van der Waals surface area contributed by atoms with Crippen molar-refractivity contribution in [2.45, 2.75) is 17.6 Å². The molecular weight excluding hydrogens is 280 g/mol. The summed E-state index contributed by atoms with van der Waals surface area (Å²) in [5.74, 6) is -1.37. The van der Waals surface area contributed by atoms with E-state index in [2.05, 4.69) is 10.6 Å². The number of hydrogen-bond acceptors (Lipinski definition) is 4. The van der Waals surface area contributed by atoms with Crippen molar-refractivity contribution in [1.82, 2.24) is 5.32 Å². The number of urea groups is 1. The normalized spacial score (nSPS) is 15.4. The Morgan fingerprint density at radius 2 is 2.10 bits per heavy atom. The lowest BCUT2D eigenvalue weighted by atomic mass is 10.1. The number of anilines is 1. The van der Waals surface area contributed by atoms with E-state index in [1.807, 2.05) is 6.26 Å². The van der Waals surface area contributed by atoms with Gasteiger partial charge in [-0.15, -0.1) is 0 Å². The van der Waals surface area contributed by atoms with Gasteiger partial charge in [0.15, 0.2) is 0 Å². The van der Waals surface area contributed by atoms with Crippen molar-refractivity contribution in [3.63, 3.8) is 0 Å². The van der Waals surface area contributed by atoms with Crippen molar-refractivity contribution >= 4 is 29.4 Å². The summed E-state index contributed by atoms with van der Waals surface area (Å²) in [6.07, 6.45) is 4.16. The molecule has 4 N–H and O–H groups in total. The molecule has 108 valence electrons. The molecule has 0 radical (unpaired) electrons. The molecule has 0 bridgehead atoms. The van der Waals surface area contributed by atoms with Crippen LogP contribution in [-0.4, -0.2) is 39.8 Å². The Labute approximate surface area is 120 Å². The van der Waals surface area contributed by atoms with Crippen LogP contribution in [0.1, 0.15) is 23.2 Å². The molecule has 0 aromatic heterocycles. The van der Waals surface area contributed by atoms with E-state index in [0.29, 0.717) is 6.54 Å². The molecule has 1 fully saturated rings. The summed E-state index contributed by atoms with van der Waals surface area (Å²) in [6, 6.07) is 3.34. The SMILES string of the molecule is CSC1(CNC(=O)Nc2ccc(O)cc2C(=O)O)CC1. The van der Waals surface area contributed by atoms with Gasteiger partial charge in [0.2, 0.25) is 0 Å². The maximum atomic E-state index is 11.8. The first-order chi connectivity index (χ1) is 9.46. The Balaban J connectivity index is 1.99. The van der Waals surface area contributed by atoms with E-state index in [0.717, 1.165) is 18.9 Å². The van der Waals surface area contributed by atoms with Crippen LogP contribution in [0, 0.1) is 0 Å². The highest BCUT2D eigenvalue weighted by Gasteiger charge is 2.41. The summed E-state index contributed by atoms with van der Waals surface area (Å²) in [7, 11) is 0. The minimum atomic E-state index is -1.21. The molecule has 0 aliphatic heterocycles. The van der Waals surface area contributed by atoms with E-state index in [-0.39, 0.29) is 21.7 Å². The van der Waals surface area contributed by atoms with Gasteiger partial charge >= 0.3 is 12.0 Å². The molecule has 0 heterocycles. The van der Waals surface area contributed by atoms with Gasteiger partial charge in [-0.3, -0.25) is 0 Å². The number of phenols is 1. The van der Waals surface area contributed by atoms with Crippen LogP contribution < -0.4 is 10.6 Å². The minimum absolute atomic E-state index is 0.141. The Morgan fingerprint density at radius 3 is 2.65 bits per heavy atom. The van der Waals surface area contributed by atoms with Gasteiger partial charge in [0.05, 0.1) is 11.3 Å². The summed E-state index contributed by atoms with van der Waals surface area (Å²) in [5.41, 5.74) is 0.00736.